The third-order valence-corrected chi connectivity index (χ3v) is 3.41. The van der Waals surface area contributed by atoms with Gasteiger partial charge in [-0.15, -0.1) is 12.4 Å². The van der Waals surface area contributed by atoms with Crippen molar-refractivity contribution in [3.63, 3.8) is 0 Å². The van der Waals surface area contributed by atoms with Gasteiger partial charge in [-0.1, -0.05) is 0 Å². The molecule has 0 aromatic heterocycles. The summed E-state index contributed by atoms with van der Waals surface area (Å²) in [6.45, 7) is 1.35. The van der Waals surface area contributed by atoms with Gasteiger partial charge in [0, 0.05) is 0 Å². The second-order valence-corrected chi connectivity index (χ2v) is 4.81. The minimum atomic E-state index is -4.63. The Balaban J connectivity index is 0.00000169. The number of nitrogens with zero attached hydrogens (tertiary/aromatic N) is 1. The van der Waals surface area contributed by atoms with E-state index in [0.717, 1.165) is 0 Å². The third kappa shape index (κ3) is 2.26. The Hall–Kier alpha value is 0.280. The van der Waals surface area contributed by atoms with E-state index in [9.17, 15) is 14.8 Å². The van der Waals surface area contributed by atoms with Gasteiger partial charge in [-0.05, 0) is 6.92 Å². The summed E-state index contributed by atoms with van der Waals surface area (Å²) >= 11 is 0. The lowest BCUT2D eigenvalue weighted by atomic mass is 10.2. The molecule has 0 aliphatic carbocycles. The van der Waals surface area contributed by atoms with E-state index < -0.39 is 31.6 Å². The zero-order valence-electron chi connectivity index (χ0n) is 7.26. The number of rotatable bonds is 1. The van der Waals surface area contributed by atoms with Crippen molar-refractivity contribution in [1.29, 1.82) is 0 Å². The zero-order valence-corrected chi connectivity index (χ0v) is 8.97. The molecule has 5 N–H and O–H groups in total. The van der Waals surface area contributed by atoms with Crippen molar-refractivity contribution in [3.8, 4) is 0 Å². The summed E-state index contributed by atoms with van der Waals surface area (Å²) in [7, 11) is -4.63. The largest absolute Gasteiger partial charge is 0.389 e. The summed E-state index contributed by atoms with van der Waals surface area (Å²) in [5.41, 5.74) is 0. The van der Waals surface area contributed by atoms with E-state index in [1.165, 1.54) is 6.92 Å². The quantitative estimate of drug-likeness (QED) is 0.367. The number of hydroxylamine groups is 2. The van der Waals surface area contributed by atoms with Crippen LogP contribution in [0.2, 0.25) is 0 Å². The standard InChI is InChI=1S/C5H12NO6P.ClH/c1-2-3(7)4(8)5(6(2)9)13(10,11)12;/h2-5,7-9H,1H3,(H2,10,11,12);1H/t2-,3+,4+,5-;/m0./s1. The number of halogens is 1. The molecule has 1 fully saturated rings. The fourth-order valence-electron chi connectivity index (χ4n) is 1.37. The molecule has 0 saturated carbocycles. The van der Waals surface area contributed by atoms with E-state index in [1.54, 1.807) is 0 Å². The summed E-state index contributed by atoms with van der Waals surface area (Å²) in [6.07, 6.45) is -3.00. The predicted octanol–water partition coefficient (Wildman–Crippen LogP) is -1.27. The average molecular weight is 250 g/mol. The van der Waals surface area contributed by atoms with Crippen LogP contribution in [0.15, 0.2) is 0 Å². The summed E-state index contributed by atoms with van der Waals surface area (Å²) in [4.78, 5) is 17.5. The smallest absolute Gasteiger partial charge is 0.347 e. The first-order valence-corrected chi connectivity index (χ1v) is 5.33. The summed E-state index contributed by atoms with van der Waals surface area (Å²) in [5, 5.41) is 27.8. The van der Waals surface area contributed by atoms with Crippen LogP contribution in [0.4, 0.5) is 0 Å². The molecule has 0 aromatic rings. The SMILES string of the molecule is C[C@H]1[C@@H](O)[C@@H](O)[C@H](P(=O)(O)O)N1O.Cl. The zero-order chi connectivity index (χ0) is 10.4. The Kier molecular flexibility index (Phi) is 4.51. The molecule has 0 amide bonds. The van der Waals surface area contributed by atoms with E-state index in [-0.39, 0.29) is 12.4 Å². The molecule has 1 aliphatic rings. The molecule has 0 bridgehead atoms. The van der Waals surface area contributed by atoms with E-state index in [1.807, 2.05) is 0 Å². The van der Waals surface area contributed by atoms with Crippen LogP contribution < -0.4 is 0 Å². The molecule has 0 aromatic carbocycles. The second kappa shape index (κ2) is 4.42. The highest BCUT2D eigenvalue weighted by Gasteiger charge is 2.53. The minimum absolute atomic E-state index is 0. The van der Waals surface area contributed by atoms with Crippen LogP contribution in [-0.4, -0.2) is 54.3 Å². The van der Waals surface area contributed by atoms with Crippen molar-refractivity contribution in [3.05, 3.63) is 0 Å². The van der Waals surface area contributed by atoms with E-state index in [2.05, 4.69) is 0 Å². The molecular weight excluding hydrogens is 236 g/mol. The Bertz CT molecular complexity index is 232. The Morgan fingerprint density at radius 3 is 1.79 bits per heavy atom. The van der Waals surface area contributed by atoms with E-state index in [0.29, 0.717) is 5.06 Å². The van der Waals surface area contributed by atoms with Crippen LogP contribution in [-0.2, 0) is 4.57 Å². The van der Waals surface area contributed by atoms with Crippen LogP contribution in [0.3, 0.4) is 0 Å². The number of aliphatic hydroxyl groups excluding tert-OH is 2. The topological polar surface area (TPSA) is 121 Å². The Morgan fingerprint density at radius 2 is 1.64 bits per heavy atom. The van der Waals surface area contributed by atoms with Crippen LogP contribution in [0.1, 0.15) is 6.92 Å². The molecule has 1 heterocycles. The van der Waals surface area contributed by atoms with Crippen LogP contribution in [0.5, 0.6) is 0 Å². The lowest BCUT2D eigenvalue weighted by molar-refractivity contribution is -0.125. The lowest BCUT2D eigenvalue weighted by Crippen LogP contribution is -2.34. The molecule has 1 rings (SSSR count). The van der Waals surface area contributed by atoms with Crippen molar-refractivity contribution in [2.75, 3.05) is 0 Å². The van der Waals surface area contributed by atoms with Gasteiger partial charge in [-0.3, -0.25) is 4.57 Å². The fraction of sp³-hybridized carbons (Fsp3) is 1.00. The number of hydrogen-bond acceptors (Lipinski definition) is 5. The van der Waals surface area contributed by atoms with Gasteiger partial charge in [-0.2, -0.15) is 5.06 Å². The maximum Gasteiger partial charge on any atom is 0.347 e. The van der Waals surface area contributed by atoms with Crippen LogP contribution in [0.25, 0.3) is 0 Å². The Labute approximate surface area is 86.5 Å². The molecular formula is C5H13ClNO6P. The van der Waals surface area contributed by atoms with Crippen LogP contribution >= 0.6 is 20.0 Å². The highest BCUT2D eigenvalue weighted by molar-refractivity contribution is 7.52. The van der Waals surface area contributed by atoms with Gasteiger partial charge in [0.2, 0.25) is 0 Å². The molecule has 4 atom stereocenters. The highest BCUT2D eigenvalue weighted by Crippen LogP contribution is 2.48. The van der Waals surface area contributed by atoms with Crippen molar-refractivity contribution in [2.24, 2.45) is 0 Å². The Morgan fingerprint density at radius 1 is 1.21 bits per heavy atom. The molecule has 1 saturated heterocycles. The molecule has 0 spiro atoms. The maximum absolute atomic E-state index is 10.8. The molecule has 0 unspecified atom stereocenters. The lowest BCUT2D eigenvalue weighted by Gasteiger charge is -2.22. The van der Waals surface area contributed by atoms with Gasteiger partial charge in [0.25, 0.3) is 0 Å². The second-order valence-electron chi connectivity index (χ2n) is 3.10. The van der Waals surface area contributed by atoms with E-state index in [4.69, 9.17) is 15.0 Å². The molecule has 14 heavy (non-hydrogen) atoms. The van der Waals surface area contributed by atoms with Gasteiger partial charge >= 0.3 is 7.60 Å². The molecule has 86 valence electrons. The monoisotopic (exact) mass is 249 g/mol. The molecule has 9 heteroatoms. The average Bonchev–Trinajstić information content (AvgIpc) is 2.14. The molecule has 1 aliphatic heterocycles. The predicted molar refractivity (Wildman–Crippen MR) is 48.2 cm³/mol. The normalized spacial score (nSPS) is 39.6. The third-order valence-electron chi connectivity index (χ3n) is 2.18. The van der Waals surface area contributed by atoms with Gasteiger partial charge < -0.3 is 25.2 Å². The fourth-order valence-corrected chi connectivity index (χ4v) is 2.46. The van der Waals surface area contributed by atoms with Crippen molar-refractivity contribution in [1.82, 2.24) is 5.06 Å². The van der Waals surface area contributed by atoms with Gasteiger partial charge in [0.05, 0.1) is 12.1 Å². The van der Waals surface area contributed by atoms with E-state index >= 15 is 0 Å². The van der Waals surface area contributed by atoms with Gasteiger partial charge in [-0.25, -0.2) is 0 Å². The molecule has 0 radical (unpaired) electrons. The number of aliphatic hydroxyl groups is 2. The summed E-state index contributed by atoms with van der Waals surface area (Å²) in [6, 6.07) is -0.896. The first kappa shape index (κ1) is 14.3. The van der Waals surface area contributed by atoms with Gasteiger partial charge in [0.15, 0.2) is 5.78 Å². The van der Waals surface area contributed by atoms with Crippen molar-refractivity contribution < 1.29 is 29.8 Å². The van der Waals surface area contributed by atoms with Gasteiger partial charge in [0.1, 0.15) is 6.10 Å². The highest BCUT2D eigenvalue weighted by atomic mass is 35.5. The van der Waals surface area contributed by atoms with Crippen molar-refractivity contribution >= 4 is 20.0 Å². The number of hydrogen-bond donors (Lipinski definition) is 5. The summed E-state index contributed by atoms with van der Waals surface area (Å²) < 4.78 is 10.8. The maximum atomic E-state index is 10.8. The first-order valence-electron chi connectivity index (χ1n) is 3.65. The minimum Gasteiger partial charge on any atom is -0.389 e. The molecule has 7 nitrogen and oxygen atoms in total. The summed E-state index contributed by atoms with van der Waals surface area (Å²) in [5.74, 6) is -1.74. The van der Waals surface area contributed by atoms with Crippen molar-refractivity contribution in [2.45, 2.75) is 31.0 Å². The first-order chi connectivity index (χ1) is 5.76. The van der Waals surface area contributed by atoms with Crippen LogP contribution in [0, 0.1) is 0 Å².